The summed E-state index contributed by atoms with van der Waals surface area (Å²) in [5, 5.41) is 0. The van der Waals surface area contributed by atoms with Crippen LogP contribution in [-0.4, -0.2) is 18.3 Å². The Morgan fingerprint density at radius 1 is 0.600 bits per heavy atom. The highest BCUT2D eigenvalue weighted by Gasteiger charge is 2.53. The molecule has 3 aromatic carbocycles. The average molecular weight is 396 g/mol. The van der Waals surface area contributed by atoms with Crippen molar-refractivity contribution in [2.24, 2.45) is 0 Å². The van der Waals surface area contributed by atoms with Crippen LogP contribution < -0.4 is 0 Å². The molecule has 0 aliphatic carbocycles. The zero-order valence-electron chi connectivity index (χ0n) is 18.5. The fraction of sp³-hybridized carbons (Fsp3) is 0.259. The highest BCUT2D eigenvalue weighted by atomic mass is 16.7. The van der Waals surface area contributed by atoms with Crippen LogP contribution in [0.3, 0.4) is 0 Å². The van der Waals surface area contributed by atoms with Gasteiger partial charge in [0, 0.05) is 0 Å². The number of rotatable bonds is 4. The lowest BCUT2D eigenvalue weighted by Crippen LogP contribution is -2.41. The maximum Gasteiger partial charge on any atom is 0.496 e. The van der Waals surface area contributed by atoms with E-state index in [0.29, 0.717) is 0 Å². The molecule has 4 rings (SSSR count). The van der Waals surface area contributed by atoms with E-state index < -0.39 is 18.3 Å². The third kappa shape index (κ3) is 3.88. The van der Waals surface area contributed by atoms with Crippen molar-refractivity contribution < 1.29 is 9.31 Å². The van der Waals surface area contributed by atoms with Crippen LogP contribution in [0.1, 0.15) is 49.9 Å². The second-order valence-corrected chi connectivity index (χ2v) is 8.98. The average Bonchev–Trinajstić information content (AvgIpc) is 2.95. The topological polar surface area (TPSA) is 18.5 Å². The number of aryl methyl sites for hydroxylation is 1. The first-order valence-corrected chi connectivity index (χ1v) is 10.6. The summed E-state index contributed by atoms with van der Waals surface area (Å²) in [4.78, 5) is 0. The summed E-state index contributed by atoms with van der Waals surface area (Å²) in [6.07, 6.45) is 0. The van der Waals surface area contributed by atoms with E-state index in [1.807, 2.05) is 12.1 Å². The molecule has 0 unspecified atom stereocenters. The Balaban J connectivity index is 2.01. The molecule has 30 heavy (non-hydrogen) atoms. The molecule has 0 spiro atoms. The largest absolute Gasteiger partial charge is 0.496 e. The normalized spacial score (nSPS) is 18.2. The van der Waals surface area contributed by atoms with E-state index in [1.165, 1.54) is 5.56 Å². The molecule has 1 fully saturated rings. The first-order valence-electron chi connectivity index (χ1n) is 10.6. The zero-order chi connectivity index (χ0) is 21.4. The van der Waals surface area contributed by atoms with Gasteiger partial charge in [-0.25, -0.2) is 0 Å². The van der Waals surface area contributed by atoms with Gasteiger partial charge in [0.2, 0.25) is 0 Å². The lowest BCUT2D eigenvalue weighted by Gasteiger charge is -2.32. The molecule has 0 bridgehead atoms. The predicted molar refractivity (Wildman–Crippen MR) is 126 cm³/mol. The van der Waals surface area contributed by atoms with Gasteiger partial charge >= 0.3 is 7.12 Å². The van der Waals surface area contributed by atoms with Crippen molar-refractivity contribution in [1.29, 1.82) is 0 Å². The third-order valence-electron chi connectivity index (χ3n) is 6.25. The minimum atomic E-state index is -0.464. The van der Waals surface area contributed by atoms with E-state index in [2.05, 4.69) is 107 Å². The maximum absolute atomic E-state index is 6.55. The summed E-state index contributed by atoms with van der Waals surface area (Å²) in [5.41, 5.74) is 6.03. The molecular weight excluding hydrogens is 367 g/mol. The van der Waals surface area contributed by atoms with Crippen molar-refractivity contribution in [3.8, 4) is 0 Å². The van der Waals surface area contributed by atoms with Gasteiger partial charge in [-0.05, 0) is 62.4 Å². The Labute approximate surface area is 180 Å². The molecule has 0 atom stereocenters. The summed E-state index contributed by atoms with van der Waals surface area (Å²) in [7, 11) is -0.464. The summed E-state index contributed by atoms with van der Waals surface area (Å²) >= 11 is 0. The van der Waals surface area contributed by atoms with Gasteiger partial charge in [0.1, 0.15) is 0 Å². The van der Waals surface area contributed by atoms with E-state index in [-0.39, 0.29) is 0 Å². The molecule has 3 aromatic rings. The van der Waals surface area contributed by atoms with Gasteiger partial charge in [0.15, 0.2) is 0 Å². The van der Waals surface area contributed by atoms with E-state index in [4.69, 9.17) is 9.31 Å². The summed E-state index contributed by atoms with van der Waals surface area (Å²) < 4.78 is 13.1. The lowest BCUT2D eigenvalue weighted by molar-refractivity contribution is 0.00578. The van der Waals surface area contributed by atoms with Crippen LogP contribution in [0.4, 0.5) is 0 Å². The predicted octanol–water partition coefficient (Wildman–Crippen LogP) is 6.59. The van der Waals surface area contributed by atoms with Crippen LogP contribution in [0.5, 0.6) is 0 Å². The highest BCUT2D eigenvalue weighted by Crippen LogP contribution is 2.44. The Morgan fingerprint density at radius 2 is 1.03 bits per heavy atom. The monoisotopic (exact) mass is 396 g/mol. The summed E-state index contributed by atoms with van der Waals surface area (Å²) in [6, 6.07) is 29.7. The lowest BCUT2D eigenvalue weighted by atomic mass is 9.68. The molecule has 0 aromatic heterocycles. The Bertz CT molecular complexity index is 1020. The molecule has 0 radical (unpaired) electrons. The minimum absolute atomic E-state index is 0.410. The number of hydrogen-bond acceptors (Lipinski definition) is 2. The van der Waals surface area contributed by atoms with Crippen LogP contribution in [0, 0.1) is 6.92 Å². The van der Waals surface area contributed by atoms with E-state index in [1.54, 1.807) is 0 Å². The minimum Gasteiger partial charge on any atom is -0.399 e. The number of benzene rings is 3. The Hall–Kier alpha value is -2.62. The molecule has 2 nitrogen and oxygen atoms in total. The van der Waals surface area contributed by atoms with Crippen LogP contribution in [0.15, 0.2) is 84.9 Å². The second kappa shape index (κ2) is 7.90. The summed E-state index contributed by atoms with van der Waals surface area (Å²) in [6.45, 7) is 10.5. The maximum atomic E-state index is 6.55. The Morgan fingerprint density at radius 3 is 1.53 bits per heavy atom. The molecule has 0 amide bonds. The second-order valence-electron chi connectivity index (χ2n) is 8.98. The molecular formula is C27H29BO2. The van der Waals surface area contributed by atoms with Gasteiger partial charge in [0.05, 0.1) is 11.2 Å². The molecule has 152 valence electrons. The van der Waals surface area contributed by atoms with Crippen molar-refractivity contribution >= 4 is 18.2 Å². The standard InChI is InChI=1S/C27H29BO2/c1-20-16-18-22(19-17-20)24(21-12-8-6-9-13-21)25(23-14-10-7-11-15-23)28-29-26(2,3)27(4,5)30-28/h6-19H,1-5H3/b25-24+. The van der Waals surface area contributed by atoms with Gasteiger partial charge in [-0.15, -0.1) is 0 Å². The van der Waals surface area contributed by atoms with Gasteiger partial charge in [-0.1, -0.05) is 90.5 Å². The van der Waals surface area contributed by atoms with Gasteiger partial charge in [-0.2, -0.15) is 0 Å². The third-order valence-corrected chi connectivity index (χ3v) is 6.25. The first kappa shape index (κ1) is 20.6. The molecule has 1 aliphatic rings. The SMILES string of the molecule is Cc1ccc(/C(=C(/B2OC(C)(C)C(C)(C)O2)c2ccccc2)c2ccccc2)cc1. The first-order chi connectivity index (χ1) is 14.3. The molecule has 1 heterocycles. The van der Waals surface area contributed by atoms with Crippen molar-refractivity contribution in [2.75, 3.05) is 0 Å². The van der Waals surface area contributed by atoms with Crippen LogP contribution >= 0.6 is 0 Å². The quantitative estimate of drug-likeness (QED) is 0.366. The smallest absolute Gasteiger partial charge is 0.399 e. The Kier molecular flexibility index (Phi) is 5.44. The molecule has 1 saturated heterocycles. The fourth-order valence-corrected chi connectivity index (χ4v) is 3.78. The fourth-order valence-electron chi connectivity index (χ4n) is 3.78. The molecule has 0 N–H and O–H groups in total. The number of hydrogen-bond donors (Lipinski definition) is 0. The van der Waals surface area contributed by atoms with E-state index in [9.17, 15) is 0 Å². The van der Waals surface area contributed by atoms with E-state index >= 15 is 0 Å². The van der Waals surface area contributed by atoms with E-state index in [0.717, 1.165) is 27.7 Å². The van der Waals surface area contributed by atoms with Crippen LogP contribution in [0.25, 0.3) is 11.0 Å². The summed E-state index contributed by atoms with van der Waals surface area (Å²) in [5.74, 6) is 0. The molecule has 0 saturated carbocycles. The zero-order valence-corrected chi connectivity index (χ0v) is 18.5. The van der Waals surface area contributed by atoms with Gasteiger partial charge < -0.3 is 9.31 Å². The van der Waals surface area contributed by atoms with Crippen molar-refractivity contribution in [3.63, 3.8) is 0 Å². The van der Waals surface area contributed by atoms with Crippen LogP contribution in [0.2, 0.25) is 0 Å². The van der Waals surface area contributed by atoms with Gasteiger partial charge in [0.25, 0.3) is 0 Å². The highest BCUT2D eigenvalue weighted by molar-refractivity contribution is 6.71. The van der Waals surface area contributed by atoms with Crippen molar-refractivity contribution in [1.82, 2.24) is 0 Å². The molecule has 1 aliphatic heterocycles. The van der Waals surface area contributed by atoms with Crippen LogP contribution in [-0.2, 0) is 9.31 Å². The molecule has 3 heteroatoms. The van der Waals surface area contributed by atoms with Crippen molar-refractivity contribution in [2.45, 2.75) is 45.8 Å². The van der Waals surface area contributed by atoms with Gasteiger partial charge in [-0.3, -0.25) is 0 Å². The van der Waals surface area contributed by atoms with Crippen molar-refractivity contribution in [3.05, 3.63) is 107 Å².